The molecule has 34 heavy (non-hydrogen) atoms. The van der Waals surface area contributed by atoms with Crippen molar-refractivity contribution in [3.8, 4) is 0 Å². The van der Waals surface area contributed by atoms with Crippen LogP contribution in [0.15, 0.2) is 59.4 Å². The van der Waals surface area contributed by atoms with Crippen LogP contribution in [-0.4, -0.2) is 17.8 Å². The molecule has 1 saturated carbocycles. The molecule has 0 atom stereocenters. The summed E-state index contributed by atoms with van der Waals surface area (Å²) in [6, 6.07) is 18.0. The van der Waals surface area contributed by atoms with Gasteiger partial charge >= 0.3 is 7.82 Å². The summed E-state index contributed by atoms with van der Waals surface area (Å²) in [5.74, 6) is 0.157. The summed E-state index contributed by atoms with van der Waals surface area (Å²) in [5, 5.41) is 0.943. The van der Waals surface area contributed by atoms with Crippen LogP contribution in [0.4, 0.5) is 0 Å². The Morgan fingerprint density at radius 1 is 0.882 bits per heavy atom. The van der Waals surface area contributed by atoms with E-state index >= 15 is 0 Å². The highest BCUT2D eigenvalue weighted by molar-refractivity contribution is 7.48. The van der Waals surface area contributed by atoms with Crippen LogP contribution in [0.2, 0.25) is 0 Å². The molecule has 1 fully saturated rings. The smallest absolute Gasteiger partial charge is 0.304 e. The minimum absolute atomic E-state index is 0.00500. The molecule has 4 rings (SSSR count). The molecule has 0 aliphatic heterocycles. The predicted molar refractivity (Wildman–Crippen MR) is 135 cm³/mol. The molecule has 182 valence electrons. The molecule has 0 spiro atoms. The Kier molecular flexibility index (Phi) is 8.38. The Hall–Kier alpha value is -2.24. The van der Waals surface area contributed by atoms with Crippen molar-refractivity contribution < 1.29 is 18.1 Å². The highest BCUT2D eigenvalue weighted by Gasteiger charge is 2.30. The zero-order chi connectivity index (χ0) is 24.0. The van der Waals surface area contributed by atoms with Crippen LogP contribution >= 0.6 is 7.82 Å². The molecule has 1 heterocycles. The molecule has 0 bridgehead atoms. The van der Waals surface area contributed by atoms with E-state index < -0.39 is 7.82 Å². The number of phosphoric acid groups is 1. The van der Waals surface area contributed by atoms with Crippen molar-refractivity contribution in [3.05, 3.63) is 81.6 Å². The highest BCUT2D eigenvalue weighted by Crippen LogP contribution is 2.50. The van der Waals surface area contributed by atoms with Crippen molar-refractivity contribution in [1.29, 1.82) is 0 Å². The number of aromatic nitrogens is 1. The third-order valence-corrected chi connectivity index (χ3v) is 8.05. The van der Waals surface area contributed by atoms with E-state index in [2.05, 4.69) is 0 Å². The number of para-hydroxylation sites is 1. The van der Waals surface area contributed by atoms with E-state index in [1.54, 1.807) is 13.8 Å². The number of rotatable bonds is 10. The van der Waals surface area contributed by atoms with E-state index in [1.165, 1.54) is 6.42 Å². The van der Waals surface area contributed by atoms with Gasteiger partial charge in [0.15, 0.2) is 0 Å². The largest absolute Gasteiger partial charge is 0.475 e. The van der Waals surface area contributed by atoms with Gasteiger partial charge in [-0.1, -0.05) is 67.8 Å². The van der Waals surface area contributed by atoms with Gasteiger partial charge < -0.3 is 4.57 Å². The van der Waals surface area contributed by atoms with Gasteiger partial charge in [0.2, 0.25) is 0 Å². The van der Waals surface area contributed by atoms with Crippen LogP contribution in [-0.2, 0) is 31.3 Å². The second-order valence-corrected chi connectivity index (χ2v) is 10.3. The molecular weight excluding hydrogens is 449 g/mol. The molecule has 0 radical (unpaired) electrons. The summed E-state index contributed by atoms with van der Waals surface area (Å²) in [6.07, 6.45) is 5.34. The first-order valence-corrected chi connectivity index (χ1v) is 13.7. The molecule has 1 aliphatic carbocycles. The topological polar surface area (TPSA) is 66.8 Å². The van der Waals surface area contributed by atoms with Crippen LogP contribution in [0.1, 0.15) is 68.6 Å². The monoisotopic (exact) mass is 483 g/mol. The van der Waals surface area contributed by atoms with Crippen molar-refractivity contribution in [2.75, 3.05) is 13.2 Å². The van der Waals surface area contributed by atoms with E-state index in [9.17, 15) is 9.36 Å². The molecule has 7 heteroatoms. The maximum Gasteiger partial charge on any atom is 0.475 e. The number of benzene rings is 2. The van der Waals surface area contributed by atoms with Gasteiger partial charge in [0.1, 0.15) is 0 Å². The first kappa shape index (κ1) is 24.9. The quantitative estimate of drug-likeness (QED) is 0.297. The third-order valence-electron chi connectivity index (χ3n) is 6.46. The Morgan fingerprint density at radius 3 is 2.21 bits per heavy atom. The van der Waals surface area contributed by atoms with E-state index in [-0.39, 0.29) is 31.3 Å². The standard InChI is InChI=1S/C27H34NO5P/c1-3-31-34(30,32-4-2)33-20-24-23-17-11-12-18-25(23)28(19-21-13-7-5-8-14-21)27(29)26(24)22-15-9-6-10-16-22/h5,7-8,11-14,17-18,22H,3-4,6,9-10,15-16,19-20H2,1-2H3. The number of nitrogens with zero attached hydrogens (tertiary/aromatic N) is 1. The number of phosphoric ester groups is 1. The van der Waals surface area contributed by atoms with E-state index in [0.717, 1.165) is 53.3 Å². The minimum Gasteiger partial charge on any atom is -0.304 e. The summed E-state index contributed by atoms with van der Waals surface area (Å²) in [7, 11) is -3.71. The molecule has 0 saturated heterocycles. The average Bonchev–Trinajstić information content (AvgIpc) is 2.86. The van der Waals surface area contributed by atoms with Crippen molar-refractivity contribution in [1.82, 2.24) is 4.57 Å². The number of pyridine rings is 1. The number of fused-ring (bicyclic) bond motifs is 1. The van der Waals surface area contributed by atoms with Crippen LogP contribution in [0.5, 0.6) is 0 Å². The van der Waals surface area contributed by atoms with Gasteiger partial charge in [-0.15, -0.1) is 0 Å². The Morgan fingerprint density at radius 2 is 1.53 bits per heavy atom. The first-order chi connectivity index (χ1) is 16.6. The Labute approximate surface area is 201 Å². The van der Waals surface area contributed by atoms with Gasteiger partial charge in [0.25, 0.3) is 5.56 Å². The molecule has 0 unspecified atom stereocenters. The van der Waals surface area contributed by atoms with Crippen molar-refractivity contribution in [2.24, 2.45) is 0 Å². The van der Waals surface area contributed by atoms with Gasteiger partial charge in [-0.2, -0.15) is 0 Å². The molecule has 1 aromatic heterocycles. The fourth-order valence-electron chi connectivity index (χ4n) is 4.96. The van der Waals surface area contributed by atoms with E-state index in [4.69, 9.17) is 13.6 Å². The van der Waals surface area contributed by atoms with Gasteiger partial charge in [0.05, 0.1) is 31.9 Å². The summed E-state index contributed by atoms with van der Waals surface area (Å²) in [4.78, 5) is 14.1. The lowest BCUT2D eigenvalue weighted by Gasteiger charge is -2.27. The van der Waals surface area contributed by atoms with Crippen molar-refractivity contribution in [3.63, 3.8) is 0 Å². The lowest BCUT2D eigenvalue weighted by atomic mass is 9.82. The normalized spacial score (nSPS) is 15.1. The molecular formula is C27H34NO5P. The fourth-order valence-corrected chi connectivity index (χ4v) is 6.10. The fraction of sp³-hybridized carbons (Fsp3) is 0.444. The lowest BCUT2D eigenvalue weighted by molar-refractivity contribution is 0.116. The lowest BCUT2D eigenvalue weighted by Crippen LogP contribution is -2.29. The average molecular weight is 484 g/mol. The second-order valence-electron chi connectivity index (χ2n) is 8.68. The first-order valence-electron chi connectivity index (χ1n) is 12.3. The number of hydrogen-bond donors (Lipinski definition) is 0. The van der Waals surface area contributed by atoms with E-state index in [1.807, 2.05) is 59.2 Å². The van der Waals surface area contributed by atoms with Crippen LogP contribution < -0.4 is 5.56 Å². The summed E-state index contributed by atoms with van der Waals surface area (Å²) >= 11 is 0. The van der Waals surface area contributed by atoms with Crippen LogP contribution in [0.25, 0.3) is 10.9 Å². The molecule has 2 aromatic carbocycles. The predicted octanol–water partition coefficient (Wildman–Crippen LogP) is 6.80. The molecule has 3 aromatic rings. The van der Waals surface area contributed by atoms with Gasteiger partial charge in [0, 0.05) is 10.9 Å². The molecule has 1 aliphatic rings. The third kappa shape index (κ3) is 5.52. The van der Waals surface area contributed by atoms with Crippen molar-refractivity contribution >= 4 is 18.7 Å². The van der Waals surface area contributed by atoms with Gasteiger partial charge in [-0.25, -0.2) is 4.57 Å². The highest BCUT2D eigenvalue weighted by atomic mass is 31.2. The van der Waals surface area contributed by atoms with E-state index in [0.29, 0.717) is 6.54 Å². The summed E-state index contributed by atoms with van der Waals surface area (Å²) in [5.41, 5.74) is 3.52. The number of hydrogen-bond acceptors (Lipinski definition) is 5. The maximum atomic E-state index is 14.1. The molecule has 0 N–H and O–H groups in total. The second kappa shape index (κ2) is 11.5. The van der Waals surface area contributed by atoms with Gasteiger partial charge in [-0.3, -0.25) is 18.4 Å². The van der Waals surface area contributed by atoms with Gasteiger partial charge in [-0.05, 0) is 49.8 Å². The van der Waals surface area contributed by atoms with Crippen molar-refractivity contribution in [2.45, 2.75) is 65.0 Å². The summed E-state index contributed by atoms with van der Waals surface area (Å²) < 4.78 is 31.4. The zero-order valence-electron chi connectivity index (χ0n) is 20.1. The Bertz CT molecular complexity index is 1190. The zero-order valence-corrected chi connectivity index (χ0v) is 21.0. The summed E-state index contributed by atoms with van der Waals surface area (Å²) in [6.45, 7) is 4.44. The maximum absolute atomic E-state index is 14.1. The molecule has 0 amide bonds. The van der Waals surface area contributed by atoms with Crippen LogP contribution in [0.3, 0.4) is 0 Å². The minimum atomic E-state index is -3.71. The molecule has 6 nitrogen and oxygen atoms in total. The van der Waals surface area contributed by atoms with Crippen LogP contribution in [0, 0.1) is 0 Å². The SMILES string of the molecule is CCOP(=O)(OCC)OCc1c(C2CCCCC2)c(=O)n(Cc2ccccc2)c2ccccc12. The Balaban J connectivity index is 1.85.